The molecule has 0 fully saturated rings. The van der Waals surface area contributed by atoms with Crippen molar-refractivity contribution in [3.05, 3.63) is 0 Å². The number of hydrogen-bond donors (Lipinski definition) is 1. The van der Waals surface area contributed by atoms with Gasteiger partial charge in [-0.15, -0.1) is 0 Å². The lowest BCUT2D eigenvalue weighted by Crippen LogP contribution is -2.26. The van der Waals surface area contributed by atoms with E-state index in [0.29, 0.717) is 26.0 Å². The van der Waals surface area contributed by atoms with Crippen molar-refractivity contribution in [1.29, 1.82) is 0 Å². The van der Waals surface area contributed by atoms with Gasteiger partial charge in [0.2, 0.25) is 0 Å². The fourth-order valence-electron chi connectivity index (χ4n) is 0.837. The summed E-state index contributed by atoms with van der Waals surface area (Å²) in [6.45, 7) is 11.4. The predicted octanol–water partition coefficient (Wildman–Crippen LogP) is 2.02. The molecule has 0 aromatic heterocycles. The van der Waals surface area contributed by atoms with Gasteiger partial charge < -0.3 is 9.47 Å². The molecule has 14 heavy (non-hydrogen) atoms. The highest BCUT2D eigenvalue weighted by Crippen LogP contribution is 1.98. The van der Waals surface area contributed by atoms with E-state index >= 15 is 0 Å². The topological polar surface area (TPSA) is 30.5 Å². The molecule has 0 atom stereocenters. The first-order chi connectivity index (χ1) is 6.63. The van der Waals surface area contributed by atoms with Crippen LogP contribution in [0.4, 0.5) is 0 Å². The van der Waals surface area contributed by atoms with Gasteiger partial charge in [-0.05, 0) is 26.2 Å². The molecule has 1 N–H and O–H groups in total. The number of hydrogen-bond acceptors (Lipinski definition) is 3. The Hall–Kier alpha value is -0.120. The van der Waals surface area contributed by atoms with E-state index in [1.807, 2.05) is 0 Å². The first-order valence-electron chi connectivity index (χ1n) is 5.51. The Bertz CT molecular complexity index is 102. The highest BCUT2D eigenvalue weighted by molar-refractivity contribution is 4.46. The summed E-state index contributed by atoms with van der Waals surface area (Å²) in [5, 5.41) is 3.18. The molecule has 0 spiro atoms. The van der Waals surface area contributed by atoms with Crippen molar-refractivity contribution >= 4 is 0 Å². The van der Waals surface area contributed by atoms with Gasteiger partial charge in [0.15, 0.2) is 0 Å². The molecule has 0 aliphatic carbocycles. The largest absolute Gasteiger partial charge is 0.379 e. The van der Waals surface area contributed by atoms with Crippen molar-refractivity contribution in [2.45, 2.75) is 40.2 Å². The molecule has 0 saturated carbocycles. The minimum absolute atomic E-state index is 0.483. The van der Waals surface area contributed by atoms with Crippen LogP contribution < -0.4 is 5.32 Å². The maximum absolute atomic E-state index is 5.40. The zero-order chi connectivity index (χ0) is 10.8. The fourth-order valence-corrected chi connectivity index (χ4v) is 0.837. The molecule has 0 aliphatic heterocycles. The Morgan fingerprint density at radius 1 is 0.929 bits per heavy atom. The highest BCUT2D eigenvalue weighted by atomic mass is 16.5. The van der Waals surface area contributed by atoms with Crippen LogP contribution in [0, 0.1) is 5.92 Å². The average molecular weight is 203 g/mol. The second-order valence-electron chi connectivity index (χ2n) is 4.21. The molecule has 0 aromatic carbocycles. The molecule has 0 saturated heterocycles. The fraction of sp³-hybridized carbons (Fsp3) is 1.00. The summed E-state index contributed by atoms with van der Waals surface area (Å²) < 4.78 is 10.7. The van der Waals surface area contributed by atoms with Crippen LogP contribution in [-0.2, 0) is 9.47 Å². The van der Waals surface area contributed by atoms with Crippen LogP contribution >= 0.6 is 0 Å². The Balaban J connectivity index is 2.92. The van der Waals surface area contributed by atoms with Gasteiger partial charge in [0.1, 0.15) is 0 Å². The van der Waals surface area contributed by atoms with E-state index in [0.717, 1.165) is 18.9 Å². The summed E-state index contributed by atoms with van der Waals surface area (Å²) in [5.41, 5.74) is 0. The summed E-state index contributed by atoms with van der Waals surface area (Å²) in [6, 6.07) is 0.483. The van der Waals surface area contributed by atoms with Crippen molar-refractivity contribution in [2.75, 3.05) is 26.6 Å². The summed E-state index contributed by atoms with van der Waals surface area (Å²) >= 11 is 0. The van der Waals surface area contributed by atoms with Crippen molar-refractivity contribution < 1.29 is 9.47 Å². The summed E-state index contributed by atoms with van der Waals surface area (Å²) in [5.74, 6) is 0.721. The van der Waals surface area contributed by atoms with Gasteiger partial charge in [-0.1, -0.05) is 13.8 Å². The Morgan fingerprint density at radius 3 is 2.14 bits per heavy atom. The molecule has 0 heterocycles. The third-order valence-electron chi connectivity index (χ3n) is 1.81. The molecule has 0 rings (SSSR count). The zero-order valence-corrected chi connectivity index (χ0v) is 10.0. The monoisotopic (exact) mass is 203 g/mol. The normalized spacial score (nSPS) is 11.6. The maximum atomic E-state index is 5.40. The number of nitrogens with one attached hydrogen (secondary N) is 1. The standard InChI is InChI=1S/C11H25NO2/c1-10(2)5-6-13-7-8-14-9-12-11(3)4/h10-12H,5-9H2,1-4H3. The van der Waals surface area contributed by atoms with E-state index in [4.69, 9.17) is 9.47 Å². The highest BCUT2D eigenvalue weighted by Gasteiger charge is 1.94. The molecular weight excluding hydrogens is 178 g/mol. The SMILES string of the molecule is CC(C)CCOCCOCNC(C)C. The van der Waals surface area contributed by atoms with Crippen LogP contribution in [0.5, 0.6) is 0 Å². The lowest BCUT2D eigenvalue weighted by molar-refractivity contribution is 0.0352. The molecule has 3 nitrogen and oxygen atoms in total. The molecule has 0 aromatic rings. The predicted molar refractivity (Wildman–Crippen MR) is 59.4 cm³/mol. The van der Waals surface area contributed by atoms with Crippen LogP contribution in [0.2, 0.25) is 0 Å². The van der Waals surface area contributed by atoms with Crippen LogP contribution in [0.25, 0.3) is 0 Å². The van der Waals surface area contributed by atoms with Crippen LogP contribution in [0.1, 0.15) is 34.1 Å². The van der Waals surface area contributed by atoms with E-state index < -0.39 is 0 Å². The van der Waals surface area contributed by atoms with Gasteiger partial charge >= 0.3 is 0 Å². The minimum Gasteiger partial charge on any atom is -0.379 e. The van der Waals surface area contributed by atoms with Crippen LogP contribution in [-0.4, -0.2) is 32.6 Å². The number of ether oxygens (including phenoxy) is 2. The molecular formula is C11H25NO2. The zero-order valence-electron chi connectivity index (χ0n) is 10.0. The van der Waals surface area contributed by atoms with E-state index in [-0.39, 0.29) is 0 Å². The van der Waals surface area contributed by atoms with Crippen molar-refractivity contribution in [3.63, 3.8) is 0 Å². The first-order valence-corrected chi connectivity index (χ1v) is 5.51. The smallest absolute Gasteiger partial charge is 0.0968 e. The van der Waals surface area contributed by atoms with Gasteiger partial charge in [0.25, 0.3) is 0 Å². The Morgan fingerprint density at radius 2 is 1.57 bits per heavy atom. The second-order valence-corrected chi connectivity index (χ2v) is 4.21. The summed E-state index contributed by atoms with van der Waals surface area (Å²) in [4.78, 5) is 0. The van der Waals surface area contributed by atoms with E-state index in [2.05, 4.69) is 33.0 Å². The van der Waals surface area contributed by atoms with Gasteiger partial charge in [-0.3, -0.25) is 5.32 Å². The quantitative estimate of drug-likeness (QED) is 0.459. The van der Waals surface area contributed by atoms with E-state index in [9.17, 15) is 0 Å². The van der Waals surface area contributed by atoms with Gasteiger partial charge in [0, 0.05) is 12.6 Å². The third kappa shape index (κ3) is 11.9. The Kier molecular flexibility index (Phi) is 9.35. The lowest BCUT2D eigenvalue weighted by Gasteiger charge is -2.09. The van der Waals surface area contributed by atoms with Gasteiger partial charge in [-0.2, -0.15) is 0 Å². The number of rotatable bonds is 9. The molecule has 0 bridgehead atoms. The molecule has 0 radical (unpaired) electrons. The summed E-state index contributed by atoms with van der Waals surface area (Å²) in [7, 11) is 0. The Labute approximate surface area is 88.2 Å². The third-order valence-corrected chi connectivity index (χ3v) is 1.81. The van der Waals surface area contributed by atoms with Crippen molar-refractivity contribution in [2.24, 2.45) is 5.92 Å². The average Bonchev–Trinajstić information content (AvgIpc) is 2.08. The minimum atomic E-state index is 0.483. The first kappa shape index (κ1) is 13.9. The van der Waals surface area contributed by atoms with Crippen molar-refractivity contribution in [3.8, 4) is 0 Å². The van der Waals surface area contributed by atoms with Crippen molar-refractivity contribution in [1.82, 2.24) is 5.32 Å². The summed E-state index contributed by atoms with van der Waals surface area (Å²) in [6.07, 6.45) is 1.13. The molecule has 86 valence electrons. The molecule has 0 aliphatic rings. The van der Waals surface area contributed by atoms with Gasteiger partial charge in [0.05, 0.1) is 19.9 Å². The second kappa shape index (κ2) is 9.44. The lowest BCUT2D eigenvalue weighted by atomic mass is 10.1. The van der Waals surface area contributed by atoms with E-state index in [1.165, 1.54) is 0 Å². The van der Waals surface area contributed by atoms with Gasteiger partial charge in [-0.25, -0.2) is 0 Å². The molecule has 0 amide bonds. The molecule has 0 unspecified atom stereocenters. The van der Waals surface area contributed by atoms with Crippen LogP contribution in [0.15, 0.2) is 0 Å². The van der Waals surface area contributed by atoms with Crippen LogP contribution in [0.3, 0.4) is 0 Å². The maximum Gasteiger partial charge on any atom is 0.0968 e. The molecule has 3 heteroatoms. The van der Waals surface area contributed by atoms with E-state index in [1.54, 1.807) is 0 Å².